The highest BCUT2D eigenvalue weighted by Crippen LogP contribution is 2.51. The van der Waals surface area contributed by atoms with Crippen LogP contribution in [0.1, 0.15) is 61.6 Å². The average Bonchev–Trinajstić information content (AvgIpc) is 3.33. The number of benzene rings is 2. The van der Waals surface area contributed by atoms with Crippen molar-refractivity contribution in [2.75, 3.05) is 0 Å². The van der Waals surface area contributed by atoms with Gasteiger partial charge in [-0.05, 0) is 103 Å². The molecule has 3 heteroatoms. The molecule has 0 radical (unpaired) electrons. The first-order valence-corrected chi connectivity index (χ1v) is 14.0. The van der Waals surface area contributed by atoms with Crippen molar-refractivity contribution in [3.63, 3.8) is 0 Å². The van der Waals surface area contributed by atoms with Crippen LogP contribution in [0.5, 0.6) is 0 Å². The summed E-state index contributed by atoms with van der Waals surface area (Å²) in [7, 11) is 0. The van der Waals surface area contributed by atoms with Gasteiger partial charge in [-0.15, -0.1) is 0 Å². The molecule has 0 spiro atoms. The molecule has 6 rings (SSSR count). The summed E-state index contributed by atoms with van der Waals surface area (Å²) in [6.07, 6.45) is 2.03. The third kappa shape index (κ3) is 3.78. The van der Waals surface area contributed by atoms with Crippen LogP contribution in [0.15, 0.2) is 59.1 Å². The number of rotatable bonds is 3. The maximum atomic E-state index is 6.30. The van der Waals surface area contributed by atoms with Gasteiger partial charge in [0.15, 0.2) is 0 Å². The van der Waals surface area contributed by atoms with Crippen molar-refractivity contribution in [1.82, 2.24) is 9.97 Å². The van der Waals surface area contributed by atoms with Gasteiger partial charge in [0.2, 0.25) is 5.71 Å². The van der Waals surface area contributed by atoms with Crippen LogP contribution < -0.4 is 0 Å². The predicted molar refractivity (Wildman–Crippen MR) is 159 cm³/mol. The minimum atomic E-state index is 0.623. The van der Waals surface area contributed by atoms with E-state index in [2.05, 4.69) is 95.9 Å². The lowest BCUT2D eigenvalue weighted by Gasteiger charge is -2.24. The maximum absolute atomic E-state index is 6.30. The molecule has 3 aromatic heterocycles. The first-order chi connectivity index (χ1) is 18.2. The Hall–Kier alpha value is -3.46. The molecule has 0 saturated heterocycles. The summed E-state index contributed by atoms with van der Waals surface area (Å²) in [5.74, 6) is 3.54. The third-order valence-electron chi connectivity index (χ3n) is 9.72. The van der Waals surface area contributed by atoms with Crippen LogP contribution >= 0.6 is 0 Å². The zero-order chi connectivity index (χ0) is 26.9. The van der Waals surface area contributed by atoms with Crippen LogP contribution in [0.4, 0.5) is 0 Å². The number of fused-ring (bicyclic) bond motifs is 3. The number of hydrogen-bond acceptors (Lipinski definition) is 3. The van der Waals surface area contributed by atoms with Gasteiger partial charge in [-0.3, -0.25) is 4.98 Å². The summed E-state index contributed by atoms with van der Waals surface area (Å²) in [6.45, 7) is 18.4. The predicted octanol–water partition coefficient (Wildman–Crippen LogP) is 9.59. The molecule has 0 bridgehead atoms. The van der Waals surface area contributed by atoms with Gasteiger partial charge in [0.25, 0.3) is 0 Å². The summed E-state index contributed by atoms with van der Waals surface area (Å²) < 4.78 is 6.30. The fourth-order valence-electron chi connectivity index (χ4n) is 7.26. The minimum absolute atomic E-state index is 0.623. The monoisotopic (exact) mass is 502 g/mol. The van der Waals surface area contributed by atoms with E-state index in [9.17, 15) is 0 Å². The smallest absolute Gasteiger partial charge is 0.227 e. The summed E-state index contributed by atoms with van der Waals surface area (Å²) in [4.78, 5) is 9.59. The van der Waals surface area contributed by atoms with Crippen LogP contribution in [0.3, 0.4) is 0 Å². The highest BCUT2D eigenvalue weighted by atomic mass is 16.3. The van der Waals surface area contributed by atoms with Crippen molar-refractivity contribution in [3.8, 4) is 22.4 Å². The van der Waals surface area contributed by atoms with Gasteiger partial charge in [-0.2, -0.15) is 0 Å². The fourth-order valence-corrected chi connectivity index (χ4v) is 7.26. The molecule has 3 nitrogen and oxygen atoms in total. The molecule has 194 valence electrons. The highest BCUT2D eigenvalue weighted by Gasteiger charge is 2.42. The van der Waals surface area contributed by atoms with E-state index in [-0.39, 0.29) is 0 Å². The molecule has 0 aliphatic heterocycles. The van der Waals surface area contributed by atoms with Crippen molar-refractivity contribution in [2.24, 2.45) is 23.7 Å². The molecule has 5 atom stereocenters. The number of aromatic nitrogens is 2. The third-order valence-corrected chi connectivity index (χ3v) is 9.72. The molecular formula is C35H38N2O. The van der Waals surface area contributed by atoms with E-state index in [1.54, 1.807) is 0 Å². The molecule has 1 aliphatic carbocycles. The van der Waals surface area contributed by atoms with Crippen LogP contribution in [0.2, 0.25) is 0 Å². The Morgan fingerprint density at radius 1 is 0.658 bits per heavy atom. The Bertz CT molecular complexity index is 1640. The van der Waals surface area contributed by atoms with Gasteiger partial charge < -0.3 is 4.42 Å². The first kappa shape index (κ1) is 24.9. The van der Waals surface area contributed by atoms with Crippen LogP contribution in [-0.2, 0) is 0 Å². The Morgan fingerprint density at radius 3 is 1.95 bits per heavy atom. The van der Waals surface area contributed by atoms with Crippen LogP contribution in [0.25, 0.3) is 44.5 Å². The quantitative estimate of drug-likeness (QED) is 0.246. The molecule has 3 heterocycles. The highest BCUT2D eigenvalue weighted by molar-refractivity contribution is 6.09. The lowest BCUT2D eigenvalue weighted by molar-refractivity contribution is 0.352. The average molecular weight is 503 g/mol. The molecule has 0 amide bonds. The topological polar surface area (TPSA) is 38.9 Å². The summed E-state index contributed by atoms with van der Waals surface area (Å²) >= 11 is 0. The first-order valence-electron chi connectivity index (χ1n) is 14.0. The van der Waals surface area contributed by atoms with Gasteiger partial charge >= 0.3 is 0 Å². The van der Waals surface area contributed by atoms with E-state index in [4.69, 9.17) is 9.40 Å². The zero-order valence-electron chi connectivity index (χ0n) is 23.9. The zero-order valence-corrected chi connectivity index (χ0v) is 23.9. The molecule has 5 aromatic rings. The summed E-state index contributed by atoms with van der Waals surface area (Å²) in [5.41, 5.74) is 12.2. The van der Waals surface area contributed by atoms with Crippen LogP contribution in [-0.4, -0.2) is 9.97 Å². The molecule has 3 unspecified atom stereocenters. The lowest BCUT2D eigenvalue weighted by Crippen LogP contribution is -2.11. The summed E-state index contributed by atoms with van der Waals surface area (Å²) in [5, 5.41) is 2.13. The molecule has 0 N–H and O–H groups in total. The Labute approximate surface area is 226 Å². The second-order valence-electron chi connectivity index (χ2n) is 12.0. The van der Waals surface area contributed by atoms with Crippen molar-refractivity contribution >= 4 is 22.1 Å². The van der Waals surface area contributed by atoms with Gasteiger partial charge in [-0.25, -0.2) is 4.98 Å². The second kappa shape index (κ2) is 9.08. The Morgan fingerprint density at radius 2 is 1.32 bits per heavy atom. The van der Waals surface area contributed by atoms with E-state index < -0.39 is 0 Å². The number of furan rings is 1. The Balaban J connectivity index is 1.39. The number of pyridine rings is 2. The van der Waals surface area contributed by atoms with E-state index in [1.807, 2.05) is 19.2 Å². The molecule has 1 fully saturated rings. The summed E-state index contributed by atoms with van der Waals surface area (Å²) in [6, 6.07) is 17.7. The van der Waals surface area contributed by atoms with E-state index >= 15 is 0 Å². The van der Waals surface area contributed by atoms with Crippen molar-refractivity contribution in [3.05, 3.63) is 82.7 Å². The molecule has 2 aromatic carbocycles. The SMILES string of the molecule is Cc1ccc2c(n1)oc1c(-c3ccc(-c4c(C)cc(C5C(C)[C@H](C)C(C)[C@@H]5C)cc4C)cn3)c(C)ccc12. The standard InChI is InChI=1S/C35H38N2O/c1-18-9-12-28-29-13-10-21(4)37-35(29)38-34(28)32(18)30-14-11-26(17-36-30)31-19(2)15-27(16-20(31)3)33-24(7)22(5)23(6)25(33)8/h9-17,22-25,33H,1-8H3/t22-,23?,24?,25+,33?/m1/s1. The van der Waals surface area contributed by atoms with Crippen LogP contribution in [0, 0.1) is 51.4 Å². The molecular weight excluding hydrogens is 464 g/mol. The number of aryl methyl sites for hydroxylation is 4. The van der Waals surface area contributed by atoms with Crippen molar-refractivity contribution in [1.29, 1.82) is 0 Å². The lowest BCUT2D eigenvalue weighted by atomic mass is 9.80. The van der Waals surface area contributed by atoms with Crippen molar-refractivity contribution < 1.29 is 4.42 Å². The number of hydrogen-bond donors (Lipinski definition) is 0. The van der Waals surface area contributed by atoms with E-state index in [0.29, 0.717) is 23.5 Å². The largest absolute Gasteiger partial charge is 0.437 e. The molecule has 1 saturated carbocycles. The van der Waals surface area contributed by atoms with Crippen molar-refractivity contribution in [2.45, 2.75) is 61.3 Å². The van der Waals surface area contributed by atoms with E-state index in [0.717, 1.165) is 56.3 Å². The Kier molecular flexibility index (Phi) is 5.94. The molecule has 38 heavy (non-hydrogen) atoms. The van der Waals surface area contributed by atoms with E-state index in [1.165, 1.54) is 22.3 Å². The molecule has 1 aliphatic rings. The minimum Gasteiger partial charge on any atom is -0.437 e. The van der Waals surface area contributed by atoms with Gasteiger partial charge in [0.1, 0.15) is 5.58 Å². The second-order valence-corrected chi connectivity index (χ2v) is 12.0. The normalized spacial score (nSPS) is 23.5. The van der Waals surface area contributed by atoms with Gasteiger partial charge in [-0.1, -0.05) is 58.0 Å². The maximum Gasteiger partial charge on any atom is 0.227 e. The van der Waals surface area contributed by atoms with Gasteiger partial charge in [0.05, 0.1) is 5.69 Å². The van der Waals surface area contributed by atoms with Gasteiger partial charge in [0, 0.05) is 33.8 Å². The number of nitrogens with zero attached hydrogens (tertiary/aromatic N) is 2. The fraction of sp³-hybridized carbons (Fsp3) is 0.371.